The maximum Gasteiger partial charge on any atom is 0.104 e. The average molecular weight is 669 g/mol. The molecule has 0 rings (SSSR count). The lowest BCUT2D eigenvalue weighted by atomic mass is 10.1. The van der Waals surface area contributed by atoms with Gasteiger partial charge in [-0.15, -0.1) is 0 Å². The molecule has 0 saturated carbocycles. The van der Waals surface area contributed by atoms with E-state index in [9.17, 15) is 10.2 Å². The molecule has 0 amide bonds. The summed E-state index contributed by atoms with van der Waals surface area (Å²) in [5.41, 5.74) is 0. The summed E-state index contributed by atoms with van der Waals surface area (Å²) in [7, 11) is 0. The largest absolute Gasteiger partial charge is 0.394 e. The van der Waals surface area contributed by atoms with Gasteiger partial charge < -0.3 is 49.6 Å². The van der Waals surface area contributed by atoms with Crippen molar-refractivity contribution in [2.24, 2.45) is 0 Å². The number of rotatable bonds is 36. The summed E-state index contributed by atoms with van der Waals surface area (Å²) < 4.78 is 21.2. The molecule has 0 aliphatic heterocycles. The van der Waals surface area contributed by atoms with E-state index in [1.54, 1.807) is 0 Å². The number of unbranched alkanes of at least 4 members (excludes halogenated alkanes) is 18. The van der Waals surface area contributed by atoms with E-state index in [0.717, 1.165) is 12.8 Å². The molecule has 280 valence electrons. The molecule has 0 radical (unpaired) electrons. The summed E-state index contributed by atoms with van der Waals surface area (Å²) in [4.78, 5) is 0. The highest BCUT2D eigenvalue weighted by Crippen LogP contribution is 2.11. The van der Waals surface area contributed by atoms with Gasteiger partial charge in [-0.3, -0.25) is 0 Å². The van der Waals surface area contributed by atoms with Crippen molar-refractivity contribution in [3.05, 3.63) is 0 Å². The molecule has 0 spiro atoms. The zero-order chi connectivity index (χ0) is 34.4. The number of aliphatic hydroxyl groups excluding tert-OH is 6. The lowest BCUT2D eigenvalue weighted by molar-refractivity contribution is -0.0765. The summed E-state index contributed by atoms with van der Waals surface area (Å²) >= 11 is 0. The molecule has 0 fully saturated rings. The van der Waals surface area contributed by atoms with E-state index in [1.807, 2.05) is 0 Å². The number of aliphatic hydroxyl groups is 6. The molecule has 10 nitrogen and oxygen atoms in total. The third kappa shape index (κ3) is 39.8. The van der Waals surface area contributed by atoms with Gasteiger partial charge in [0.25, 0.3) is 0 Å². The molecule has 10 heteroatoms. The molecule has 0 heterocycles. The van der Waals surface area contributed by atoms with E-state index >= 15 is 0 Å². The number of hydrogen-bond donors (Lipinski definition) is 6. The van der Waals surface area contributed by atoms with Crippen LogP contribution >= 0.6 is 0 Å². The van der Waals surface area contributed by atoms with Crippen molar-refractivity contribution in [3.8, 4) is 0 Å². The lowest BCUT2D eigenvalue weighted by Gasteiger charge is -2.17. The molecule has 4 unspecified atom stereocenters. The minimum Gasteiger partial charge on any atom is -0.394 e. The monoisotopic (exact) mass is 669 g/mol. The van der Waals surface area contributed by atoms with Crippen molar-refractivity contribution in [2.75, 3.05) is 66.1 Å². The Kier molecular flexibility index (Phi) is 42.3. The molecular formula is C36H76O10. The second-order valence-electron chi connectivity index (χ2n) is 12.5. The van der Waals surface area contributed by atoms with Gasteiger partial charge in [0.2, 0.25) is 0 Å². The molecule has 0 saturated heterocycles. The summed E-state index contributed by atoms with van der Waals surface area (Å²) in [6.07, 6.45) is 23.0. The van der Waals surface area contributed by atoms with Crippen LogP contribution in [0.1, 0.15) is 142 Å². The van der Waals surface area contributed by atoms with Crippen molar-refractivity contribution in [3.63, 3.8) is 0 Å². The quantitative estimate of drug-likeness (QED) is 0.0484. The van der Waals surface area contributed by atoms with Gasteiger partial charge in [0.05, 0.1) is 52.9 Å². The van der Waals surface area contributed by atoms with Crippen molar-refractivity contribution >= 4 is 0 Å². The Morgan fingerprint density at radius 1 is 0.370 bits per heavy atom. The maximum atomic E-state index is 9.60. The topological polar surface area (TPSA) is 158 Å². The van der Waals surface area contributed by atoms with Gasteiger partial charge in [0, 0.05) is 13.2 Å². The summed E-state index contributed by atoms with van der Waals surface area (Å²) in [6, 6.07) is 0. The Balaban J connectivity index is 0. The number of hydrogen-bond acceptors (Lipinski definition) is 10. The predicted octanol–water partition coefficient (Wildman–Crippen LogP) is 5.31. The number of ether oxygens (including phenoxy) is 4. The highest BCUT2D eigenvalue weighted by Gasteiger charge is 2.11. The van der Waals surface area contributed by atoms with Crippen LogP contribution in [0.25, 0.3) is 0 Å². The fourth-order valence-electron chi connectivity index (χ4n) is 4.71. The Labute approximate surface area is 282 Å². The Morgan fingerprint density at radius 2 is 0.717 bits per heavy atom. The molecule has 0 aromatic carbocycles. The zero-order valence-electron chi connectivity index (χ0n) is 29.8. The molecule has 4 atom stereocenters. The predicted molar refractivity (Wildman–Crippen MR) is 185 cm³/mol. The van der Waals surface area contributed by atoms with Crippen molar-refractivity contribution in [1.82, 2.24) is 0 Å². The third-order valence-electron chi connectivity index (χ3n) is 7.67. The second-order valence-corrected chi connectivity index (χ2v) is 12.5. The zero-order valence-corrected chi connectivity index (χ0v) is 29.8. The molecule has 0 bridgehead atoms. The van der Waals surface area contributed by atoms with Gasteiger partial charge in [-0.25, -0.2) is 0 Å². The smallest absolute Gasteiger partial charge is 0.104 e. The molecule has 0 aromatic heterocycles. The fraction of sp³-hybridized carbons (Fsp3) is 1.00. The van der Waals surface area contributed by atoms with Crippen LogP contribution in [-0.4, -0.2) is 121 Å². The van der Waals surface area contributed by atoms with E-state index in [-0.39, 0.29) is 46.2 Å². The van der Waals surface area contributed by atoms with Crippen LogP contribution in [-0.2, 0) is 18.9 Å². The second kappa shape index (κ2) is 40.8. The van der Waals surface area contributed by atoms with E-state index < -0.39 is 24.4 Å². The van der Waals surface area contributed by atoms with Crippen LogP contribution in [0.2, 0.25) is 0 Å². The van der Waals surface area contributed by atoms with E-state index in [2.05, 4.69) is 13.8 Å². The van der Waals surface area contributed by atoms with Crippen LogP contribution in [0.15, 0.2) is 0 Å². The molecule has 0 aliphatic carbocycles. The molecule has 0 aliphatic rings. The summed E-state index contributed by atoms with van der Waals surface area (Å²) in [5, 5.41) is 54.3. The van der Waals surface area contributed by atoms with E-state index in [1.165, 1.54) is 116 Å². The molecule has 6 N–H and O–H groups in total. The van der Waals surface area contributed by atoms with Crippen LogP contribution in [0.3, 0.4) is 0 Å². The van der Waals surface area contributed by atoms with Gasteiger partial charge in [0.1, 0.15) is 24.4 Å². The molecular weight excluding hydrogens is 592 g/mol. The summed E-state index contributed by atoms with van der Waals surface area (Å²) in [5.74, 6) is 0. The third-order valence-corrected chi connectivity index (χ3v) is 7.67. The minimum atomic E-state index is -0.897. The van der Waals surface area contributed by atoms with Gasteiger partial charge in [0.15, 0.2) is 0 Å². The maximum absolute atomic E-state index is 9.60. The van der Waals surface area contributed by atoms with Gasteiger partial charge in [-0.05, 0) is 12.8 Å². The van der Waals surface area contributed by atoms with E-state index in [4.69, 9.17) is 39.4 Å². The highest BCUT2D eigenvalue weighted by molar-refractivity contribution is 4.58. The van der Waals surface area contributed by atoms with Gasteiger partial charge in [-0.1, -0.05) is 129 Å². The SMILES string of the molecule is CCCCCCCCCCCCOCC(CO)OCC(O)CO.CCCCCCCCCCCCOCC(O)COCC(O)CO. The average Bonchev–Trinajstić information content (AvgIpc) is 3.07. The summed E-state index contributed by atoms with van der Waals surface area (Å²) in [6.45, 7) is 5.79. The van der Waals surface area contributed by atoms with Crippen molar-refractivity contribution in [1.29, 1.82) is 0 Å². The first-order valence-corrected chi connectivity index (χ1v) is 18.7. The van der Waals surface area contributed by atoms with Crippen molar-refractivity contribution in [2.45, 2.75) is 167 Å². The first kappa shape index (κ1) is 47.7. The Morgan fingerprint density at radius 3 is 1.13 bits per heavy atom. The normalized spacial score (nSPS) is 14.1. The van der Waals surface area contributed by atoms with E-state index in [0.29, 0.717) is 19.8 Å². The molecule has 0 aromatic rings. The minimum absolute atomic E-state index is 0.0172. The lowest BCUT2D eigenvalue weighted by Crippen LogP contribution is -2.29. The van der Waals surface area contributed by atoms with Crippen LogP contribution in [0.4, 0.5) is 0 Å². The first-order valence-electron chi connectivity index (χ1n) is 18.7. The first-order chi connectivity index (χ1) is 22.4. The standard InChI is InChI=1S/2C18H38O5/c1-2-3-4-5-6-7-8-9-10-11-12-22-16-18(14-20)23-15-17(21)13-19;1-2-3-4-5-6-7-8-9-10-11-12-22-15-18(21)16-23-14-17(20)13-19/h2*17-21H,2-16H2,1H3. The Hall–Kier alpha value is -0.400. The van der Waals surface area contributed by atoms with Crippen LogP contribution < -0.4 is 0 Å². The van der Waals surface area contributed by atoms with Crippen LogP contribution in [0.5, 0.6) is 0 Å². The highest BCUT2D eigenvalue weighted by atomic mass is 16.5. The fourth-order valence-corrected chi connectivity index (χ4v) is 4.71. The Bertz CT molecular complexity index is 543. The van der Waals surface area contributed by atoms with Gasteiger partial charge in [-0.2, -0.15) is 0 Å². The molecule has 46 heavy (non-hydrogen) atoms. The van der Waals surface area contributed by atoms with Crippen LogP contribution in [0, 0.1) is 0 Å². The van der Waals surface area contributed by atoms with Gasteiger partial charge >= 0.3 is 0 Å². The van der Waals surface area contributed by atoms with Crippen molar-refractivity contribution < 1.29 is 49.6 Å².